The minimum Gasteiger partial charge on any atom is -0.341 e. The lowest BCUT2D eigenvalue weighted by Crippen LogP contribution is -2.26. The van der Waals surface area contributed by atoms with Crippen LogP contribution in [0.4, 0.5) is 0 Å². The molecule has 1 aromatic carbocycles. The van der Waals surface area contributed by atoms with Crippen molar-refractivity contribution in [1.82, 2.24) is 9.88 Å². The highest BCUT2D eigenvalue weighted by atomic mass is 79.9. The van der Waals surface area contributed by atoms with Gasteiger partial charge >= 0.3 is 0 Å². The summed E-state index contributed by atoms with van der Waals surface area (Å²) in [7, 11) is 1.83. The molecule has 0 N–H and O–H groups in total. The molecular weight excluding hydrogens is 348 g/mol. The second-order valence-corrected chi connectivity index (χ2v) is 6.75. The molecule has 110 valence electrons. The lowest BCUT2D eigenvalue weighted by atomic mass is 10.2. The smallest absolute Gasteiger partial charge is 0.223 e. The van der Waals surface area contributed by atoms with Crippen molar-refractivity contribution in [1.29, 1.82) is 0 Å². The van der Waals surface area contributed by atoms with Crippen molar-refractivity contribution in [3.63, 3.8) is 0 Å². The number of carbonyl (C=O) groups is 1. The van der Waals surface area contributed by atoms with Gasteiger partial charge < -0.3 is 4.90 Å². The predicted molar refractivity (Wildman–Crippen MR) is 90.2 cm³/mol. The molecule has 0 spiro atoms. The molecule has 0 fully saturated rings. The second-order valence-electron chi connectivity index (χ2n) is 4.66. The van der Waals surface area contributed by atoms with Gasteiger partial charge in [0.1, 0.15) is 0 Å². The molecule has 2 rings (SSSR count). The van der Waals surface area contributed by atoms with Crippen LogP contribution >= 0.6 is 27.7 Å². The Balaban J connectivity index is 1.75. The Hall–Kier alpha value is -1.33. The molecule has 1 amide bonds. The van der Waals surface area contributed by atoms with E-state index in [2.05, 4.69) is 33.0 Å². The lowest BCUT2D eigenvalue weighted by molar-refractivity contribution is -0.129. The van der Waals surface area contributed by atoms with Crippen LogP contribution < -0.4 is 0 Å². The minimum absolute atomic E-state index is 0.156. The summed E-state index contributed by atoms with van der Waals surface area (Å²) in [6, 6.07) is 12.0. The van der Waals surface area contributed by atoms with Gasteiger partial charge in [-0.05, 0) is 35.9 Å². The van der Waals surface area contributed by atoms with Crippen molar-refractivity contribution in [2.24, 2.45) is 0 Å². The summed E-state index contributed by atoms with van der Waals surface area (Å²) in [5.41, 5.74) is 1.05. The number of hydrogen-bond acceptors (Lipinski definition) is 3. The van der Waals surface area contributed by atoms with Gasteiger partial charge in [0.05, 0.1) is 0 Å². The Bertz CT molecular complexity index is 575. The van der Waals surface area contributed by atoms with Crippen molar-refractivity contribution in [3.8, 4) is 0 Å². The standard InChI is InChI=1S/C16H17BrN2OS/c1-19(12-13-3-2-9-18-11-13)16(20)8-10-21-15-6-4-14(17)5-7-15/h2-7,9,11H,8,10,12H2,1H3. The number of rotatable bonds is 6. The molecule has 0 radical (unpaired) electrons. The van der Waals surface area contributed by atoms with Crippen LogP contribution in [0.25, 0.3) is 0 Å². The predicted octanol–water partition coefficient (Wildman–Crippen LogP) is 3.98. The molecular formula is C16H17BrN2OS. The van der Waals surface area contributed by atoms with Crippen molar-refractivity contribution >= 4 is 33.6 Å². The molecule has 0 atom stereocenters. The number of carbonyl (C=O) groups excluding carboxylic acids is 1. The third-order valence-electron chi connectivity index (χ3n) is 2.97. The summed E-state index contributed by atoms with van der Waals surface area (Å²) >= 11 is 5.11. The maximum atomic E-state index is 12.1. The van der Waals surface area contributed by atoms with Crippen LogP contribution in [0, 0.1) is 0 Å². The van der Waals surface area contributed by atoms with E-state index in [1.807, 2.05) is 31.3 Å². The summed E-state index contributed by atoms with van der Waals surface area (Å²) in [6.07, 6.45) is 4.07. The van der Waals surface area contributed by atoms with Crippen LogP contribution in [0.5, 0.6) is 0 Å². The van der Waals surface area contributed by atoms with Gasteiger partial charge in [0, 0.05) is 47.5 Å². The highest BCUT2D eigenvalue weighted by Gasteiger charge is 2.09. The maximum absolute atomic E-state index is 12.1. The lowest BCUT2D eigenvalue weighted by Gasteiger charge is -2.16. The highest BCUT2D eigenvalue weighted by molar-refractivity contribution is 9.10. The first-order chi connectivity index (χ1) is 10.1. The number of benzene rings is 1. The first kappa shape index (κ1) is 16.0. The number of aromatic nitrogens is 1. The van der Waals surface area contributed by atoms with E-state index >= 15 is 0 Å². The Morgan fingerprint density at radius 2 is 2.05 bits per heavy atom. The fourth-order valence-electron chi connectivity index (χ4n) is 1.83. The molecule has 21 heavy (non-hydrogen) atoms. The van der Waals surface area contributed by atoms with Crippen LogP contribution in [0.3, 0.4) is 0 Å². The Labute approximate surface area is 137 Å². The SMILES string of the molecule is CN(Cc1cccnc1)C(=O)CCSc1ccc(Br)cc1. The molecule has 0 aliphatic carbocycles. The number of nitrogens with zero attached hydrogens (tertiary/aromatic N) is 2. The van der Waals surface area contributed by atoms with Crippen molar-refractivity contribution in [2.45, 2.75) is 17.9 Å². The minimum atomic E-state index is 0.156. The number of thioether (sulfide) groups is 1. The van der Waals surface area contributed by atoms with E-state index in [1.165, 1.54) is 4.90 Å². The molecule has 0 saturated heterocycles. The number of hydrogen-bond donors (Lipinski definition) is 0. The molecule has 0 bridgehead atoms. The van der Waals surface area contributed by atoms with Crippen LogP contribution in [-0.2, 0) is 11.3 Å². The zero-order chi connectivity index (χ0) is 15.1. The molecule has 0 unspecified atom stereocenters. The number of halogens is 1. The van der Waals surface area contributed by atoms with E-state index in [1.54, 1.807) is 29.1 Å². The zero-order valence-electron chi connectivity index (χ0n) is 11.8. The molecule has 0 aliphatic heterocycles. The molecule has 5 heteroatoms. The highest BCUT2D eigenvalue weighted by Crippen LogP contribution is 2.21. The van der Waals surface area contributed by atoms with Gasteiger partial charge in [0.2, 0.25) is 5.91 Å². The average molecular weight is 365 g/mol. The van der Waals surface area contributed by atoms with E-state index in [0.717, 1.165) is 15.8 Å². The first-order valence-electron chi connectivity index (χ1n) is 6.66. The summed E-state index contributed by atoms with van der Waals surface area (Å²) in [6.45, 7) is 0.607. The van der Waals surface area contributed by atoms with Crippen molar-refractivity contribution in [2.75, 3.05) is 12.8 Å². The average Bonchev–Trinajstić information content (AvgIpc) is 2.50. The van der Waals surface area contributed by atoms with Crippen LogP contribution in [0.2, 0.25) is 0 Å². The topological polar surface area (TPSA) is 33.2 Å². The zero-order valence-corrected chi connectivity index (χ0v) is 14.2. The van der Waals surface area contributed by atoms with Gasteiger partial charge in [-0.2, -0.15) is 0 Å². The van der Waals surface area contributed by atoms with E-state index in [-0.39, 0.29) is 5.91 Å². The van der Waals surface area contributed by atoms with Crippen LogP contribution in [0.15, 0.2) is 58.2 Å². The van der Waals surface area contributed by atoms with Gasteiger partial charge in [-0.15, -0.1) is 11.8 Å². The molecule has 1 aromatic heterocycles. The fraction of sp³-hybridized carbons (Fsp3) is 0.250. The number of amides is 1. The van der Waals surface area contributed by atoms with Gasteiger partial charge in [-0.1, -0.05) is 22.0 Å². The van der Waals surface area contributed by atoms with Gasteiger partial charge in [-0.25, -0.2) is 0 Å². The van der Waals surface area contributed by atoms with Gasteiger partial charge in [0.25, 0.3) is 0 Å². The van der Waals surface area contributed by atoms with E-state index in [9.17, 15) is 4.79 Å². The summed E-state index contributed by atoms with van der Waals surface area (Å²) in [5.74, 6) is 0.946. The Morgan fingerprint density at radius 1 is 1.29 bits per heavy atom. The first-order valence-corrected chi connectivity index (χ1v) is 8.44. The molecule has 0 saturated carbocycles. The summed E-state index contributed by atoms with van der Waals surface area (Å²) < 4.78 is 1.07. The third kappa shape index (κ3) is 5.52. The number of pyridine rings is 1. The third-order valence-corrected chi connectivity index (χ3v) is 4.51. The van der Waals surface area contributed by atoms with E-state index in [4.69, 9.17) is 0 Å². The van der Waals surface area contributed by atoms with Crippen molar-refractivity contribution in [3.05, 3.63) is 58.8 Å². The Kier molecular flexibility index (Phi) is 6.26. The monoisotopic (exact) mass is 364 g/mol. The largest absolute Gasteiger partial charge is 0.341 e. The molecule has 0 aliphatic rings. The fourth-order valence-corrected chi connectivity index (χ4v) is 2.94. The molecule has 3 nitrogen and oxygen atoms in total. The molecule has 1 heterocycles. The van der Waals surface area contributed by atoms with Crippen LogP contribution in [0.1, 0.15) is 12.0 Å². The second kappa shape index (κ2) is 8.20. The normalized spacial score (nSPS) is 10.4. The van der Waals surface area contributed by atoms with E-state index < -0.39 is 0 Å². The van der Waals surface area contributed by atoms with E-state index in [0.29, 0.717) is 13.0 Å². The van der Waals surface area contributed by atoms with Gasteiger partial charge in [0.15, 0.2) is 0 Å². The van der Waals surface area contributed by atoms with Crippen molar-refractivity contribution < 1.29 is 4.79 Å². The quantitative estimate of drug-likeness (QED) is 0.726. The maximum Gasteiger partial charge on any atom is 0.223 e. The Morgan fingerprint density at radius 3 is 2.71 bits per heavy atom. The van der Waals surface area contributed by atoms with Gasteiger partial charge in [-0.3, -0.25) is 9.78 Å². The van der Waals surface area contributed by atoms with Crippen LogP contribution in [-0.4, -0.2) is 28.6 Å². The summed E-state index contributed by atoms with van der Waals surface area (Å²) in [4.78, 5) is 19.1. The summed E-state index contributed by atoms with van der Waals surface area (Å²) in [5, 5.41) is 0. The molecule has 2 aromatic rings.